The Morgan fingerprint density at radius 2 is 1.52 bits per heavy atom. The number of cyclic esters (lactones) is 1. The van der Waals surface area contributed by atoms with Gasteiger partial charge >= 0.3 is 5.97 Å². The van der Waals surface area contributed by atoms with Crippen molar-refractivity contribution >= 4 is 24.7 Å². The molecule has 4 nitrogen and oxygen atoms in total. The quantitative estimate of drug-likeness (QED) is 0.567. The second-order valence-electron chi connectivity index (χ2n) is 8.18. The minimum atomic E-state index is -2.65. The molecular formula is C22H28O4Si. The number of ether oxygens (including phenoxy) is 2. The second-order valence-corrected chi connectivity index (χ2v) is 12.5. The molecule has 1 unspecified atom stereocenters. The summed E-state index contributed by atoms with van der Waals surface area (Å²) >= 11 is 0. The van der Waals surface area contributed by atoms with Crippen LogP contribution in [-0.2, 0) is 18.7 Å². The van der Waals surface area contributed by atoms with Crippen LogP contribution in [0.4, 0.5) is 0 Å². The van der Waals surface area contributed by atoms with Crippen LogP contribution in [0.3, 0.4) is 0 Å². The molecule has 144 valence electrons. The molecule has 1 aliphatic rings. The minimum absolute atomic E-state index is 0.117. The molecule has 1 fully saturated rings. The van der Waals surface area contributed by atoms with Gasteiger partial charge in [0.25, 0.3) is 8.32 Å². The van der Waals surface area contributed by atoms with E-state index < -0.39 is 13.9 Å². The third-order valence-corrected chi connectivity index (χ3v) is 10.3. The van der Waals surface area contributed by atoms with Gasteiger partial charge in [0.2, 0.25) is 0 Å². The van der Waals surface area contributed by atoms with Crippen LogP contribution >= 0.6 is 0 Å². The van der Waals surface area contributed by atoms with E-state index in [9.17, 15) is 4.79 Å². The first-order valence-corrected chi connectivity index (χ1v) is 11.2. The Morgan fingerprint density at radius 3 is 1.89 bits per heavy atom. The zero-order valence-corrected chi connectivity index (χ0v) is 17.5. The molecule has 1 aliphatic heterocycles. The molecule has 0 bridgehead atoms. The SMILES string of the molecule is COC1(CO[Si](c2ccccc2)(c2ccccc2)C(C)(C)C)COC(=O)C1. The fourth-order valence-electron chi connectivity index (χ4n) is 3.86. The third-order valence-electron chi connectivity index (χ3n) is 5.36. The Morgan fingerprint density at radius 1 is 1.00 bits per heavy atom. The van der Waals surface area contributed by atoms with Crippen molar-refractivity contribution < 1.29 is 18.7 Å². The normalized spacial score (nSPS) is 20.5. The van der Waals surface area contributed by atoms with E-state index in [-0.39, 0.29) is 24.0 Å². The Labute approximate surface area is 162 Å². The van der Waals surface area contributed by atoms with Crippen LogP contribution in [0, 0.1) is 0 Å². The van der Waals surface area contributed by atoms with Gasteiger partial charge in [0.15, 0.2) is 0 Å². The lowest BCUT2D eigenvalue weighted by atomic mass is 10.1. The molecule has 3 rings (SSSR count). The summed E-state index contributed by atoms with van der Waals surface area (Å²) in [6, 6.07) is 20.9. The number of carbonyl (C=O) groups excluding carboxylic acids is 1. The molecule has 0 aromatic heterocycles. The Hall–Kier alpha value is -1.95. The molecule has 0 aliphatic carbocycles. The maximum Gasteiger partial charge on any atom is 0.309 e. The van der Waals surface area contributed by atoms with Gasteiger partial charge in [-0.1, -0.05) is 81.4 Å². The van der Waals surface area contributed by atoms with Crippen LogP contribution in [-0.4, -0.2) is 40.2 Å². The third kappa shape index (κ3) is 3.72. The predicted octanol–water partition coefficient (Wildman–Crippen LogP) is 2.90. The van der Waals surface area contributed by atoms with Gasteiger partial charge in [0.05, 0.1) is 13.0 Å². The van der Waals surface area contributed by atoms with Crippen molar-refractivity contribution in [2.45, 2.75) is 37.8 Å². The predicted molar refractivity (Wildman–Crippen MR) is 109 cm³/mol. The molecule has 0 N–H and O–H groups in total. The zero-order chi connectivity index (χ0) is 19.5. The maximum absolute atomic E-state index is 11.7. The van der Waals surface area contributed by atoms with Crippen molar-refractivity contribution in [1.29, 1.82) is 0 Å². The summed E-state index contributed by atoms with van der Waals surface area (Å²) < 4.78 is 17.8. The van der Waals surface area contributed by atoms with Crippen LogP contribution < -0.4 is 10.4 Å². The van der Waals surface area contributed by atoms with Crippen LogP contribution in [0.15, 0.2) is 60.7 Å². The van der Waals surface area contributed by atoms with E-state index in [2.05, 4.69) is 69.3 Å². The van der Waals surface area contributed by atoms with E-state index in [4.69, 9.17) is 13.9 Å². The molecular weight excluding hydrogens is 356 g/mol. The van der Waals surface area contributed by atoms with Gasteiger partial charge < -0.3 is 13.9 Å². The van der Waals surface area contributed by atoms with Crippen molar-refractivity contribution in [3.63, 3.8) is 0 Å². The zero-order valence-electron chi connectivity index (χ0n) is 16.5. The highest BCUT2D eigenvalue weighted by Crippen LogP contribution is 2.38. The fourth-order valence-corrected chi connectivity index (χ4v) is 8.50. The van der Waals surface area contributed by atoms with Crippen LogP contribution in [0.2, 0.25) is 5.04 Å². The second kappa shape index (κ2) is 7.58. The average molecular weight is 385 g/mol. The largest absolute Gasteiger partial charge is 0.462 e. The highest BCUT2D eigenvalue weighted by atomic mass is 28.4. The lowest BCUT2D eigenvalue weighted by molar-refractivity contribution is -0.137. The van der Waals surface area contributed by atoms with Gasteiger partial charge in [0, 0.05) is 7.11 Å². The lowest BCUT2D eigenvalue weighted by Gasteiger charge is -2.44. The molecule has 2 aromatic rings. The topological polar surface area (TPSA) is 44.8 Å². The molecule has 1 atom stereocenters. The Bertz CT molecular complexity index is 730. The Balaban J connectivity index is 2.08. The lowest BCUT2D eigenvalue weighted by Crippen LogP contribution is -2.67. The molecule has 0 spiro atoms. The number of hydrogen-bond acceptors (Lipinski definition) is 4. The summed E-state index contributed by atoms with van der Waals surface area (Å²) in [6.07, 6.45) is 0.224. The van der Waals surface area contributed by atoms with Crippen molar-refractivity contribution in [2.75, 3.05) is 20.3 Å². The van der Waals surface area contributed by atoms with Gasteiger partial charge in [-0.2, -0.15) is 0 Å². The standard InChI is InChI=1S/C22H28O4Si/c1-21(2,3)27(18-11-7-5-8-12-18,19-13-9-6-10-14-19)26-17-22(24-4)15-20(23)25-16-22/h5-14H,15-17H2,1-4H3. The highest BCUT2D eigenvalue weighted by Gasteiger charge is 2.52. The summed E-state index contributed by atoms with van der Waals surface area (Å²) in [5.74, 6) is -0.233. The van der Waals surface area contributed by atoms with Gasteiger partial charge in [-0.3, -0.25) is 4.79 Å². The summed E-state index contributed by atoms with van der Waals surface area (Å²) in [5.41, 5.74) is -0.718. The van der Waals surface area contributed by atoms with E-state index in [1.807, 2.05) is 12.1 Å². The monoisotopic (exact) mass is 384 g/mol. The number of rotatable bonds is 6. The van der Waals surface area contributed by atoms with E-state index in [0.717, 1.165) is 0 Å². The average Bonchev–Trinajstić information content (AvgIpc) is 3.04. The molecule has 27 heavy (non-hydrogen) atoms. The molecule has 2 aromatic carbocycles. The fraction of sp³-hybridized carbons (Fsp3) is 0.409. The molecule has 1 heterocycles. The van der Waals surface area contributed by atoms with Crippen LogP contribution in [0.5, 0.6) is 0 Å². The number of esters is 1. The minimum Gasteiger partial charge on any atom is -0.462 e. The van der Waals surface area contributed by atoms with Gasteiger partial charge in [-0.25, -0.2) is 0 Å². The first-order valence-electron chi connectivity index (χ1n) is 9.29. The summed E-state index contributed by atoms with van der Waals surface area (Å²) in [4.78, 5) is 11.7. The number of hydrogen-bond donors (Lipinski definition) is 0. The molecule has 1 saturated heterocycles. The van der Waals surface area contributed by atoms with Crippen molar-refractivity contribution in [3.8, 4) is 0 Å². The van der Waals surface area contributed by atoms with Crippen molar-refractivity contribution in [1.82, 2.24) is 0 Å². The summed E-state index contributed by atoms with van der Waals surface area (Å²) in [5, 5.41) is 2.30. The first kappa shape index (κ1) is 19.8. The first-order chi connectivity index (χ1) is 12.8. The molecule has 0 amide bonds. The summed E-state index contributed by atoms with van der Waals surface area (Å²) in [6.45, 7) is 7.25. The van der Waals surface area contributed by atoms with Crippen molar-refractivity contribution in [3.05, 3.63) is 60.7 Å². The van der Waals surface area contributed by atoms with Gasteiger partial charge in [0.1, 0.15) is 12.2 Å². The Kier molecular flexibility index (Phi) is 5.56. The molecule has 0 radical (unpaired) electrons. The van der Waals surface area contributed by atoms with E-state index >= 15 is 0 Å². The van der Waals surface area contributed by atoms with Crippen LogP contribution in [0.1, 0.15) is 27.2 Å². The van der Waals surface area contributed by atoms with Crippen molar-refractivity contribution in [2.24, 2.45) is 0 Å². The number of methoxy groups -OCH3 is 1. The van der Waals surface area contributed by atoms with E-state index in [0.29, 0.717) is 6.61 Å². The molecule has 5 heteroatoms. The highest BCUT2D eigenvalue weighted by molar-refractivity contribution is 6.99. The number of benzene rings is 2. The van der Waals surface area contributed by atoms with E-state index in [1.54, 1.807) is 7.11 Å². The maximum atomic E-state index is 11.7. The van der Waals surface area contributed by atoms with Gasteiger partial charge in [-0.05, 0) is 15.4 Å². The smallest absolute Gasteiger partial charge is 0.309 e. The van der Waals surface area contributed by atoms with Gasteiger partial charge in [-0.15, -0.1) is 0 Å². The van der Waals surface area contributed by atoms with Crippen LogP contribution in [0.25, 0.3) is 0 Å². The number of carbonyl (C=O) groups is 1. The molecule has 0 saturated carbocycles. The summed E-state index contributed by atoms with van der Waals surface area (Å²) in [7, 11) is -1.03. The van der Waals surface area contributed by atoms with E-state index in [1.165, 1.54) is 10.4 Å².